The predicted molar refractivity (Wildman–Crippen MR) is 107 cm³/mol. The minimum absolute atomic E-state index is 0.0651. The number of likely N-dealkylation sites (tertiary alicyclic amines) is 1. The Balaban J connectivity index is 1.28. The third-order valence-corrected chi connectivity index (χ3v) is 6.39. The van der Waals surface area contributed by atoms with E-state index in [1.807, 2.05) is 30.0 Å². The lowest BCUT2D eigenvalue weighted by Crippen LogP contribution is -2.48. The fourth-order valence-electron chi connectivity index (χ4n) is 4.58. The number of hydrogen-bond donors (Lipinski definition) is 0. The Morgan fingerprint density at radius 2 is 1.96 bits per heavy atom. The van der Waals surface area contributed by atoms with E-state index in [0.717, 1.165) is 49.2 Å². The summed E-state index contributed by atoms with van der Waals surface area (Å²) in [6.45, 7) is 7.51. The Morgan fingerprint density at radius 3 is 2.64 bits per heavy atom. The van der Waals surface area contributed by atoms with Gasteiger partial charge in [-0.1, -0.05) is 6.07 Å². The van der Waals surface area contributed by atoms with Crippen LogP contribution in [0.3, 0.4) is 0 Å². The molecule has 0 bridgehead atoms. The second-order valence-corrected chi connectivity index (χ2v) is 8.23. The fraction of sp³-hybridized carbons (Fsp3) is 0.682. The second-order valence-electron chi connectivity index (χ2n) is 8.23. The minimum Gasteiger partial charge on any atom is -0.454 e. The highest BCUT2D eigenvalue weighted by atomic mass is 16.7. The molecule has 1 aromatic rings. The molecule has 2 aliphatic heterocycles. The molecule has 0 aromatic heterocycles. The number of carbonyl (C=O) groups excluding carboxylic acids is 1. The van der Waals surface area contributed by atoms with Gasteiger partial charge in [0.1, 0.15) is 6.10 Å². The number of carbonyl (C=O) groups is 1. The van der Waals surface area contributed by atoms with E-state index in [4.69, 9.17) is 14.2 Å². The van der Waals surface area contributed by atoms with Crippen molar-refractivity contribution in [2.75, 3.05) is 26.4 Å². The molecule has 1 aliphatic carbocycles. The van der Waals surface area contributed by atoms with Crippen LogP contribution in [-0.4, -0.2) is 60.5 Å². The Labute approximate surface area is 167 Å². The first kappa shape index (κ1) is 19.4. The van der Waals surface area contributed by atoms with E-state index in [9.17, 15) is 4.79 Å². The van der Waals surface area contributed by atoms with Crippen LogP contribution in [0.4, 0.5) is 4.79 Å². The van der Waals surface area contributed by atoms with E-state index in [1.54, 1.807) is 0 Å². The largest absolute Gasteiger partial charge is 0.454 e. The average molecular weight is 389 g/mol. The summed E-state index contributed by atoms with van der Waals surface area (Å²) < 4.78 is 16.7. The van der Waals surface area contributed by atoms with Crippen molar-refractivity contribution >= 4 is 6.09 Å². The molecule has 2 fully saturated rings. The minimum atomic E-state index is -0.178. The molecule has 1 unspecified atom stereocenters. The first-order valence-electron chi connectivity index (χ1n) is 10.7. The highest BCUT2D eigenvalue weighted by Gasteiger charge is 2.31. The number of benzene rings is 1. The Kier molecular flexibility index (Phi) is 5.95. The molecular formula is C22H32N2O4. The van der Waals surface area contributed by atoms with Crippen molar-refractivity contribution in [1.29, 1.82) is 0 Å². The van der Waals surface area contributed by atoms with Gasteiger partial charge in [0.25, 0.3) is 0 Å². The van der Waals surface area contributed by atoms with Crippen LogP contribution in [0, 0.1) is 0 Å². The van der Waals surface area contributed by atoms with Crippen molar-refractivity contribution < 1.29 is 19.0 Å². The fourth-order valence-corrected chi connectivity index (χ4v) is 4.58. The average Bonchev–Trinajstić information content (AvgIpc) is 3.10. The zero-order chi connectivity index (χ0) is 19.5. The van der Waals surface area contributed by atoms with Gasteiger partial charge in [0.15, 0.2) is 11.5 Å². The number of likely N-dealkylation sites (N-methyl/N-ethyl adjacent to an activating group) is 1. The van der Waals surface area contributed by atoms with E-state index >= 15 is 0 Å². The van der Waals surface area contributed by atoms with Crippen LogP contribution in [0.25, 0.3) is 0 Å². The Morgan fingerprint density at radius 1 is 1.21 bits per heavy atom. The van der Waals surface area contributed by atoms with E-state index in [0.29, 0.717) is 12.6 Å². The number of amides is 1. The predicted octanol–water partition coefficient (Wildman–Crippen LogP) is 3.82. The highest BCUT2D eigenvalue weighted by Crippen LogP contribution is 2.33. The molecule has 1 saturated carbocycles. The monoisotopic (exact) mass is 388 g/mol. The normalized spacial score (nSPS) is 25.1. The Bertz CT molecular complexity index is 683. The van der Waals surface area contributed by atoms with Crippen LogP contribution in [0.2, 0.25) is 0 Å². The van der Waals surface area contributed by atoms with Gasteiger partial charge in [-0.25, -0.2) is 4.79 Å². The molecule has 0 N–H and O–H groups in total. The number of ether oxygens (including phenoxy) is 3. The topological polar surface area (TPSA) is 51.2 Å². The molecule has 1 atom stereocenters. The number of hydrogen-bond acceptors (Lipinski definition) is 5. The van der Waals surface area contributed by atoms with Crippen molar-refractivity contribution in [2.45, 2.75) is 70.6 Å². The molecule has 0 radical (unpaired) electrons. The summed E-state index contributed by atoms with van der Waals surface area (Å²) in [7, 11) is 0. The van der Waals surface area contributed by atoms with Crippen molar-refractivity contribution in [3.8, 4) is 11.5 Å². The zero-order valence-electron chi connectivity index (χ0n) is 17.1. The van der Waals surface area contributed by atoms with Crippen LogP contribution in [0.5, 0.6) is 11.5 Å². The van der Waals surface area contributed by atoms with Gasteiger partial charge in [0, 0.05) is 18.6 Å². The van der Waals surface area contributed by atoms with E-state index in [1.165, 1.54) is 19.5 Å². The maximum Gasteiger partial charge on any atom is 0.410 e. The molecule has 6 nitrogen and oxygen atoms in total. The van der Waals surface area contributed by atoms with E-state index in [2.05, 4.69) is 11.8 Å². The van der Waals surface area contributed by atoms with Gasteiger partial charge >= 0.3 is 6.09 Å². The first-order chi connectivity index (χ1) is 13.6. The number of rotatable bonds is 6. The molecule has 0 spiro atoms. The van der Waals surface area contributed by atoms with Crippen LogP contribution in [0.1, 0.15) is 51.5 Å². The van der Waals surface area contributed by atoms with E-state index in [-0.39, 0.29) is 25.0 Å². The standard InChI is InChI=1S/C22H32N2O4/c1-3-24(16(2)13-17-5-10-20-21(14-17)27-15-26-20)22(25)28-19-8-6-18(7-9-19)23-11-4-12-23/h5,10,14,16,18-19H,3-4,6-9,11-13,15H2,1-2H3. The lowest BCUT2D eigenvalue weighted by Gasteiger charge is -2.42. The smallest absolute Gasteiger partial charge is 0.410 e. The third kappa shape index (κ3) is 4.22. The summed E-state index contributed by atoms with van der Waals surface area (Å²) in [5.41, 5.74) is 1.14. The molecule has 1 saturated heterocycles. The Hall–Kier alpha value is -1.95. The van der Waals surface area contributed by atoms with Gasteiger partial charge in [-0.2, -0.15) is 0 Å². The lowest BCUT2D eigenvalue weighted by molar-refractivity contribution is 0.0117. The maximum atomic E-state index is 12.8. The van der Waals surface area contributed by atoms with Gasteiger partial charge in [-0.15, -0.1) is 0 Å². The summed E-state index contributed by atoms with van der Waals surface area (Å²) in [6.07, 6.45) is 6.26. The van der Waals surface area contributed by atoms with Crippen molar-refractivity contribution in [3.63, 3.8) is 0 Å². The molecular weight excluding hydrogens is 356 g/mol. The second kappa shape index (κ2) is 8.60. The third-order valence-electron chi connectivity index (χ3n) is 6.39. The summed E-state index contributed by atoms with van der Waals surface area (Å²) in [5.74, 6) is 1.58. The highest BCUT2D eigenvalue weighted by molar-refractivity contribution is 5.68. The molecule has 6 heteroatoms. The summed E-state index contributed by atoms with van der Waals surface area (Å²) in [4.78, 5) is 17.2. The summed E-state index contributed by atoms with van der Waals surface area (Å²) in [5, 5.41) is 0. The van der Waals surface area contributed by atoms with Crippen LogP contribution >= 0.6 is 0 Å². The van der Waals surface area contributed by atoms with Gasteiger partial charge in [0.2, 0.25) is 6.79 Å². The quantitative estimate of drug-likeness (QED) is 0.741. The van der Waals surface area contributed by atoms with Crippen LogP contribution in [0.15, 0.2) is 18.2 Å². The van der Waals surface area contributed by atoms with Crippen molar-refractivity contribution in [2.24, 2.45) is 0 Å². The van der Waals surface area contributed by atoms with Crippen molar-refractivity contribution in [3.05, 3.63) is 23.8 Å². The van der Waals surface area contributed by atoms with Crippen LogP contribution in [-0.2, 0) is 11.2 Å². The first-order valence-corrected chi connectivity index (χ1v) is 10.7. The molecule has 3 aliphatic rings. The summed E-state index contributed by atoms with van der Waals surface area (Å²) >= 11 is 0. The zero-order valence-corrected chi connectivity index (χ0v) is 17.1. The lowest BCUT2D eigenvalue weighted by atomic mass is 9.90. The van der Waals surface area contributed by atoms with E-state index < -0.39 is 0 Å². The maximum absolute atomic E-state index is 12.8. The van der Waals surface area contributed by atoms with Gasteiger partial charge in [-0.05, 0) is 83.2 Å². The SMILES string of the molecule is CCN(C(=O)OC1CCC(N2CCC2)CC1)C(C)Cc1ccc2c(c1)OCO2. The number of nitrogens with zero attached hydrogens (tertiary/aromatic N) is 2. The molecule has 1 aromatic carbocycles. The summed E-state index contributed by atoms with van der Waals surface area (Å²) in [6, 6.07) is 6.76. The number of fused-ring (bicyclic) bond motifs is 1. The molecule has 2 heterocycles. The molecule has 1 amide bonds. The van der Waals surface area contributed by atoms with Crippen LogP contribution < -0.4 is 9.47 Å². The van der Waals surface area contributed by atoms with Crippen molar-refractivity contribution in [1.82, 2.24) is 9.80 Å². The van der Waals surface area contributed by atoms with Gasteiger partial charge in [-0.3, -0.25) is 0 Å². The molecule has 28 heavy (non-hydrogen) atoms. The molecule has 4 rings (SSSR count). The van der Waals surface area contributed by atoms with Gasteiger partial charge in [0.05, 0.1) is 0 Å². The molecule has 154 valence electrons. The van der Waals surface area contributed by atoms with Gasteiger partial charge < -0.3 is 24.0 Å².